The van der Waals surface area contributed by atoms with Gasteiger partial charge in [-0.3, -0.25) is 0 Å². The van der Waals surface area contributed by atoms with Gasteiger partial charge in [-0.15, -0.1) is 0 Å². The van der Waals surface area contributed by atoms with Crippen LogP contribution in [0.2, 0.25) is 0 Å². The zero-order valence-electron chi connectivity index (χ0n) is 18.6. The molecule has 0 amide bonds. The third kappa shape index (κ3) is 15.6. The first-order valence-corrected chi connectivity index (χ1v) is 10.1. The van der Waals surface area contributed by atoms with Gasteiger partial charge in [0.05, 0.1) is 64.4 Å². The topological polar surface area (TPSA) is 121 Å². The second kappa shape index (κ2) is 18.9. The smallest absolute Gasteiger partial charge is 0.102 e. The second-order valence-corrected chi connectivity index (χ2v) is 6.45. The summed E-state index contributed by atoms with van der Waals surface area (Å²) in [6.07, 6.45) is 0.769. The molecule has 0 spiro atoms. The van der Waals surface area contributed by atoms with Crippen molar-refractivity contribution in [3.8, 4) is 0 Å². The summed E-state index contributed by atoms with van der Waals surface area (Å²) in [6.45, 7) is 22.3. The Bertz CT molecular complexity index is 364. The first kappa shape index (κ1) is 31.2. The third-order valence-corrected chi connectivity index (χ3v) is 5.53. The summed E-state index contributed by atoms with van der Waals surface area (Å²) in [5.74, 6) is -3.09. The van der Waals surface area contributed by atoms with Crippen molar-refractivity contribution in [2.24, 2.45) is 0 Å². The van der Waals surface area contributed by atoms with Gasteiger partial charge in [0.1, 0.15) is 13.1 Å². The molecule has 0 heterocycles. The maximum absolute atomic E-state index is 9.41. The van der Waals surface area contributed by atoms with Gasteiger partial charge in [-0.05, 0) is 53.7 Å². The zero-order chi connectivity index (χ0) is 22.6. The monoisotopic (exact) mass is 406 g/mol. The Labute approximate surface area is 170 Å². The van der Waals surface area contributed by atoms with E-state index in [4.69, 9.17) is 10.2 Å². The number of carboxylic acid groups (broad SMARTS) is 2. The summed E-state index contributed by atoms with van der Waals surface area (Å²) < 4.78 is 2.10. The lowest BCUT2D eigenvalue weighted by atomic mass is 10.3. The van der Waals surface area contributed by atoms with Crippen LogP contribution in [0.1, 0.15) is 41.5 Å². The highest BCUT2D eigenvalue weighted by atomic mass is 16.4. The molecule has 0 rings (SSSR count). The number of aliphatic carboxylic acids is 2. The van der Waals surface area contributed by atoms with Crippen LogP contribution in [0.4, 0.5) is 0 Å². The van der Waals surface area contributed by atoms with Crippen molar-refractivity contribution in [1.82, 2.24) is 0 Å². The van der Waals surface area contributed by atoms with Gasteiger partial charge in [-0.1, -0.05) is 0 Å². The molecule has 0 aliphatic carbocycles. The highest BCUT2D eigenvalue weighted by Gasteiger charge is 2.19. The normalized spacial score (nSPS) is 11.3. The minimum Gasteiger partial charge on any atom is -0.545 e. The number of nitrogens with zero attached hydrogens (tertiary/aromatic N) is 2. The molecule has 0 bridgehead atoms. The zero-order valence-corrected chi connectivity index (χ0v) is 18.6. The van der Waals surface area contributed by atoms with Crippen LogP contribution in [0.15, 0.2) is 12.2 Å². The predicted octanol–water partition coefficient (Wildman–Crippen LogP) is -1.25. The molecule has 0 aromatic heterocycles. The summed E-state index contributed by atoms with van der Waals surface area (Å²) in [7, 11) is 0. The van der Waals surface area contributed by atoms with Gasteiger partial charge in [0.15, 0.2) is 0 Å². The van der Waals surface area contributed by atoms with Crippen LogP contribution in [-0.4, -0.2) is 96.7 Å². The van der Waals surface area contributed by atoms with E-state index in [0.717, 1.165) is 61.3 Å². The highest BCUT2D eigenvalue weighted by molar-refractivity contribution is 5.87. The fraction of sp³-hybridized carbons (Fsp3) is 0.800. The molecule has 8 nitrogen and oxygen atoms in total. The SMILES string of the molecule is CC[N+](CC)(CC)CCO.CC[N+](CC)(CC)CCO.O=C([O-])/C=C/C(=O)[O-]. The van der Waals surface area contributed by atoms with Crippen molar-refractivity contribution in [3.63, 3.8) is 0 Å². The summed E-state index contributed by atoms with van der Waals surface area (Å²) in [5.41, 5.74) is 0. The van der Waals surface area contributed by atoms with E-state index in [2.05, 4.69) is 41.5 Å². The Morgan fingerprint density at radius 3 is 0.929 bits per heavy atom. The summed E-state index contributed by atoms with van der Waals surface area (Å²) >= 11 is 0. The molecule has 0 atom stereocenters. The number of quaternary nitrogens is 2. The molecule has 0 fully saturated rings. The van der Waals surface area contributed by atoms with Gasteiger partial charge in [0.25, 0.3) is 0 Å². The predicted molar refractivity (Wildman–Crippen MR) is 107 cm³/mol. The minimum absolute atomic E-state index is 0.315. The molecule has 2 N–H and O–H groups in total. The maximum Gasteiger partial charge on any atom is 0.102 e. The van der Waals surface area contributed by atoms with Crippen molar-refractivity contribution in [2.45, 2.75) is 41.5 Å². The minimum atomic E-state index is -1.55. The van der Waals surface area contributed by atoms with Crippen molar-refractivity contribution in [3.05, 3.63) is 12.2 Å². The Balaban J connectivity index is -0.000000337. The number of aliphatic hydroxyl groups excluding tert-OH is 2. The molecule has 28 heavy (non-hydrogen) atoms. The first-order valence-electron chi connectivity index (χ1n) is 10.1. The van der Waals surface area contributed by atoms with Crippen molar-refractivity contribution >= 4 is 11.9 Å². The van der Waals surface area contributed by atoms with Crippen LogP contribution in [0.25, 0.3) is 0 Å². The number of carboxylic acids is 2. The number of carbonyl (C=O) groups is 2. The van der Waals surface area contributed by atoms with E-state index in [1.54, 1.807) is 0 Å². The lowest BCUT2D eigenvalue weighted by molar-refractivity contribution is -0.923. The highest BCUT2D eigenvalue weighted by Crippen LogP contribution is 2.04. The molecule has 0 aromatic carbocycles. The van der Waals surface area contributed by atoms with E-state index in [0.29, 0.717) is 25.4 Å². The van der Waals surface area contributed by atoms with Crippen LogP contribution in [-0.2, 0) is 9.59 Å². The molecule has 0 radical (unpaired) electrons. The van der Waals surface area contributed by atoms with E-state index in [-0.39, 0.29) is 0 Å². The van der Waals surface area contributed by atoms with E-state index in [9.17, 15) is 19.8 Å². The Kier molecular flexibility index (Phi) is 21.0. The van der Waals surface area contributed by atoms with E-state index in [1.165, 1.54) is 0 Å². The van der Waals surface area contributed by atoms with Crippen LogP contribution < -0.4 is 10.2 Å². The molecule has 0 saturated heterocycles. The van der Waals surface area contributed by atoms with Gasteiger partial charge in [-0.25, -0.2) is 0 Å². The summed E-state index contributed by atoms with van der Waals surface area (Å²) in [4.78, 5) is 18.8. The molecule has 0 aliphatic heterocycles. The average Bonchev–Trinajstić information content (AvgIpc) is 2.70. The van der Waals surface area contributed by atoms with Gasteiger partial charge >= 0.3 is 0 Å². The number of rotatable bonds is 12. The number of carbonyl (C=O) groups excluding carboxylic acids is 2. The second-order valence-electron chi connectivity index (χ2n) is 6.45. The van der Waals surface area contributed by atoms with Gasteiger partial charge < -0.3 is 39.0 Å². The fourth-order valence-electron chi connectivity index (χ4n) is 2.85. The van der Waals surface area contributed by atoms with Gasteiger partial charge in [0, 0.05) is 0 Å². The maximum atomic E-state index is 9.41. The average molecular weight is 407 g/mol. The number of aliphatic hydroxyl groups is 2. The molecule has 8 heteroatoms. The van der Waals surface area contributed by atoms with Gasteiger partial charge in [-0.2, -0.15) is 0 Å². The quantitative estimate of drug-likeness (QED) is 0.309. The van der Waals surface area contributed by atoms with Crippen LogP contribution >= 0.6 is 0 Å². The first-order chi connectivity index (χ1) is 13.1. The molecular weight excluding hydrogens is 364 g/mol. The van der Waals surface area contributed by atoms with Crippen LogP contribution in [0.3, 0.4) is 0 Å². The van der Waals surface area contributed by atoms with Crippen LogP contribution in [0.5, 0.6) is 0 Å². The van der Waals surface area contributed by atoms with Crippen molar-refractivity contribution in [1.29, 1.82) is 0 Å². The lowest BCUT2D eigenvalue weighted by Crippen LogP contribution is -2.49. The molecular formula is C20H42N2O6. The number of hydrogen-bond acceptors (Lipinski definition) is 6. The van der Waals surface area contributed by atoms with E-state index in [1.807, 2.05) is 0 Å². The molecule has 168 valence electrons. The Hall–Kier alpha value is -1.48. The summed E-state index contributed by atoms with van der Waals surface area (Å²) in [6, 6.07) is 0. The van der Waals surface area contributed by atoms with Crippen molar-refractivity contribution in [2.75, 3.05) is 65.6 Å². The third-order valence-electron chi connectivity index (χ3n) is 5.53. The standard InChI is InChI=1S/2C8H20NO.C4H4O4/c2*1-4-9(5-2,6-3)7-8-10;5-3(6)1-2-4(7)8/h2*10H,4-8H2,1-3H3;1-2H,(H,5,6)(H,7,8)/q2*+1;/p-2/b;;2-1+. The number of hydrogen-bond donors (Lipinski definition) is 2. The Morgan fingerprint density at radius 1 is 0.643 bits per heavy atom. The van der Waals surface area contributed by atoms with E-state index < -0.39 is 11.9 Å². The fourth-order valence-corrected chi connectivity index (χ4v) is 2.85. The summed E-state index contributed by atoms with van der Waals surface area (Å²) in [5, 5.41) is 36.4. The molecule has 0 aliphatic rings. The number of likely N-dealkylation sites (N-methyl/N-ethyl adjacent to an activating group) is 2. The largest absolute Gasteiger partial charge is 0.545 e. The Morgan fingerprint density at radius 2 is 0.857 bits per heavy atom. The van der Waals surface area contributed by atoms with Gasteiger partial charge in [0.2, 0.25) is 0 Å². The van der Waals surface area contributed by atoms with Crippen LogP contribution in [0, 0.1) is 0 Å². The van der Waals surface area contributed by atoms with Crippen molar-refractivity contribution < 1.29 is 39.0 Å². The lowest BCUT2D eigenvalue weighted by Gasteiger charge is -2.34. The molecule has 0 saturated carbocycles. The molecule has 0 unspecified atom stereocenters. The molecule has 0 aromatic rings. The van der Waals surface area contributed by atoms with E-state index >= 15 is 0 Å².